The fourth-order valence-corrected chi connectivity index (χ4v) is 3.66. The van der Waals surface area contributed by atoms with Crippen molar-refractivity contribution >= 4 is 28.5 Å². The Morgan fingerprint density at radius 1 is 1.17 bits per heavy atom. The Balaban J connectivity index is 2.35. The van der Waals surface area contributed by atoms with E-state index in [-0.39, 0.29) is 6.10 Å². The van der Waals surface area contributed by atoms with E-state index in [1.807, 2.05) is 45.0 Å². The number of carboxylic acids is 1. The first kappa shape index (κ1) is 21.3. The Bertz CT molecular complexity index is 1030. The second kappa shape index (κ2) is 8.93. The number of aryl methyl sites for hydroxylation is 2. The molecule has 0 amide bonds. The Morgan fingerprint density at radius 2 is 1.86 bits per heavy atom. The molecule has 1 heterocycles. The van der Waals surface area contributed by atoms with Crippen molar-refractivity contribution in [1.29, 1.82) is 0 Å². The van der Waals surface area contributed by atoms with E-state index < -0.39 is 12.1 Å². The summed E-state index contributed by atoms with van der Waals surface area (Å²) in [5.74, 6) is -1.02. The first-order chi connectivity index (χ1) is 13.8. The molecule has 29 heavy (non-hydrogen) atoms. The molecular weight excluding hydrogens is 386 g/mol. The molecule has 4 nitrogen and oxygen atoms in total. The number of pyridine rings is 1. The number of hydrogen-bond acceptors (Lipinski definition) is 3. The molecule has 152 valence electrons. The molecule has 0 aliphatic rings. The molecule has 1 unspecified atom stereocenters. The van der Waals surface area contributed by atoms with Crippen molar-refractivity contribution in [2.75, 3.05) is 0 Å². The largest absolute Gasteiger partial charge is 0.479 e. The Labute approximate surface area is 176 Å². The van der Waals surface area contributed by atoms with Crippen molar-refractivity contribution in [3.63, 3.8) is 0 Å². The molecule has 0 saturated carbocycles. The lowest BCUT2D eigenvalue weighted by molar-refractivity contribution is -0.154. The highest BCUT2D eigenvalue weighted by molar-refractivity contribution is 6.31. The average molecular weight is 412 g/mol. The van der Waals surface area contributed by atoms with Crippen LogP contribution in [0.15, 0.2) is 42.5 Å². The Hall–Kier alpha value is -2.43. The molecule has 2 aromatic carbocycles. The van der Waals surface area contributed by atoms with Gasteiger partial charge in [0.1, 0.15) is 0 Å². The molecule has 5 heteroatoms. The van der Waals surface area contributed by atoms with Gasteiger partial charge in [0.2, 0.25) is 0 Å². The molecular formula is C24H26ClNO3. The van der Waals surface area contributed by atoms with Gasteiger partial charge < -0.3 is 9.84 Å². The summed E-state index contributed by atoms with van der Waals surface area (Å²) in [5.41, 5.74) is 4.95. The van der Waals surface area contributed by atoms with Crippen LogP contribution < -0.4 is 0 Å². The topological polar surface area (TPSA) is 59.4 Å². The van der Waals surface area contributed by atoms with E-state index in [0.29, 0.717) is 16.3 Å². The average Bonchev–Trinajstić information content (AvgIpc) is 2.71. The number of benzene rings is 2. The van der Waals surface area contributed by atoms with Gasteiger partial charge in [-0.05, 0) is 61.6 Å². The summed E-state index contributed by atoms with van der Waals surface area (Å²) in [6.45, 7) is 7.79. The zero-order chi connectivity index (χ0) is 21.1. The standard InChI is InChI=1S/C24H26ClNO3/c1-5-14(3)29-23(24(27)28)21-15(4)26-20-12-11-18(25)13-19(20)22(21)17-9-7-16(6-2)8-10-17/h7-14,23H,5-6H2,1-4H3,(H,27,28)/t14-,23?/m0/s1. The Morgan fingerprint density at radius 3 is 2.45 bits per heavy atom. The lowest BCUT2D eigenvalue weighted by Gasteiger charge is -2.24. The van der Waals surface area contributed by atoms with Crippen LogP contribution >= 0.6 is 11.6 Å². The van der Waals surface area contributed by atoms with E-state index in [1.54, 1.807) is 6.07 Å². The molecule has 0 saturated heterocycles. The van der Waals surface area contributed by atoms with E-state index >= 15 is 0 Å². The van der Waals surface area contributed by atoms with E-state index in [9.17, 15) is 9.90 Å². The fraction of sp³-hybridized carbons (Fsp3) is 0.333. The van der Waals surface area contributed by atoms with Crippen LogP contribution in [0.2, 0.25) is 5.02 Å². The minimum absolute atomic E-state index is 0.194. The maximum absolute atomic E-state index is 12.2. The molecule has 1 N–H and O–H groups in total. The van der Waals surface area contributed by atoms with E-state index in [1.165, 1.54) is 5.56 Å². The van der Waals surface area contributed by atoms with Gasteiger partial charge in [0.05, 0.1) is 11.6 Å². The smallest absolute Gasteiger partial charge is 0.337 e. The van der Waals surface area contributed by atoms with Gasteiger partial charge in [-0.15, -0.1) is 0 Å². The molecule has 1 aromatic heterocycles. The SMILES string of the molecule is CCc1ccc(-c2c(C(O[C@@H](C)CC)C(=O)O)c(C)nc3ccc(Cl)cc23)cc1. The fourth-order valence-electron chi connectivity index (χ4n) is 3.49. The number of nitrogens with zero attached hydrogens (tertiary/aromatic N) is 1. The van der Waals surface area contributed by atoms with Crippen molar-refractivity contribution in [2.45, 2.75) is 52.7 Å². The first-order valence-corrected chi connectivity index (χ1v) is 10.3. The second-order valence-electron chi connectivity index (χ2n) is 7.27. The van der Waals surface area contributed by atoms with E-state index in [2.05, 4.69) is 24.0 Å². The molecule has 3 aromatic rings. The van der Waals surface area contributed by atoms with Gasteiger partial charge in [0.25, 0.3) is 0 Å². The van der Waals surface area contributed by atoms with E-state index in [0.717, 1.165) is 34.9 Å². The van der Waals surface area contributed by atoms with Gasteiger partial charge in [0.15, 0.2) is 6.10 Å². The second-order valence-corrected chi connectivity index (χ2v) is 7.71. The maximum Gasteiger partial charge on any atom is 0.337 e. The number of aromatic nitrogens is 1. The van der Waals surface area contributed by atoms with Gasteiger partial charge in [-0.2, -0.15) is 0 Å². The number of rotatable bonds is 7. The van der Waals surface area contributed by atoms with Crippen LogP contribution in [0.25, 0.3) is 22.0 Å². The minimum Gasteiger partial charge on any atom is -0.479 e. The molecule has 0 spiro atoms. The predicted octanol–water partition coefficient (Wildman–Crippen LogP) is 6.37. The summed E-state index contributed by atoms with van der Waals surface area (Å²) in [5, 5.41) is 11.4. The number of ether oxygens (including phenoxy) is 1. The lowest BCUT2D eigenvalue weighted by atomic mass is 9.90. The highest BCUT2D eigenvalue weighted by atomic mass is 35.5. The summed E-state index contributed by atoms with van der Waals surface area (Å²) < 4.78 is 5.94. The zero-order valence-electron chi connectivity index (χ0n) is 17.2. The molecule has 0 aliphatic carbocycles. The minimum atomic E-state index is -1.11. The van der Waals surface area contributed by atoms with Crippen LogP contribution in [0.1, 0.15) is 50.1 Å². The number of fused-ring (bicyclic) bond motifs is 1. The molecule has 2 atom stereocenters. The van der Waals surface area contributed by atoms with Crippen LogP contribution in [0.3, 0.4) is 0 Å². The van der Waals surface area contributed by atoms with Crippen LogP contribution in [0.4, 0.5) is 0 Å². The third-order valence-corrected chi connectivity index (χ3v) is 5.49. The van der Waals surface area contributed by atoms with Crippen molar-refractivity contribution in [1.82, 2.24) is 4.98 Å². The number of halogens is 1. The lowest BCUT2D eigenvalue weighted by Crippen LogP contribution is -2.22. The van der Waals surface area contributed by atoms with Crippen molar-refractivity contribution in [3.8, 4) is 11.1 Å². The molecule has 0 fully saturated rings. The van der Waals surface area contributed by atoms with Crippen LogP contribution in [-0.4, -0.2) is 22.2 Å². The van der Waals surface area contributed by atoms with E-state index in [4.69, 9.17) is 16.3 Å². The zero-order valence-corrected chi connectivity index (χ0v) is 18.0. The van der Waals surface area contributed by atoms with Crippen LogP contribution in [0, 0.1) is 6.92 Å². The molecule has 3 rings (SSSR count). The normalized spacial score (nSPS) is 13.4. The van der Waals surface area contributed by atoms with Crippen LogP contribution in [0.5, 0.6) is 0 Å². The quantitative estimate of drug-likeness (QED) is 0.490. The third kappa shape index (κ3) is 4.44. The number of hydrogen-bond donors (Lipinski definition) is 1. The van der Waals surface area contributed by atoms with Gasteiger partial charge in [-0.1, -0.05) is 49.7 Å². The summed E-state index contributed by atoms with van der Waals surface area (Å²) in [7, 11) is 0. The Kier molecular flexibility index (Phi) is 6.56. The predicted molar refractivity (Wildman–Crippen MR) is 118 cm³/mol. The van der Waals surface area contributed by atoms with Gasteiger partial charge in [-0.25, -0.2) is 4.79 Å². The van der Waals surface area contributed by atoms with Gasteiger partial charge >= 0.3 is 5.97 Å². The van der Waals surface area contributed by atoms with Gasteiger partial charge in [0, 0.05) is 21.7 Å². The summed E-state index contributed by atoms with van der Waals surface area (Å²) >= 11 is 6.29. The maximum atomic E-state index is 12.2. The number of aliphatic carboxylic acids is 1. The molecule has 0 aliphatic heterocycles. The van der Waals surface area contributed by atoms with Crippen molar-refractivity contribution < 1.29 is 14.6 Å². The molecule has 0 bridgehead atoms. The summed E-state index contributed by atoms with van der Waals surface area (Å²) in [4.78, 5) is 16.9. The van der Waals surface area contributed by atoms with Crippen molar-refractivity contribution in [3.05, 3.63) is 64.3 Å². The highest BCUT2D eigenvalue weighted by Crippen LogP contribution is 2.39. The third-order valence-electron chi connectivity index (χ3n) is 5.26. The number of carbonyl (C=O) groups is 1. The van der Waals surface area contributed by atoms with Crippen molar-refractivity contribution in [2.24, 2.45) is 0 Å². The monoisotopic (exact) mass is 411 g/mol. The first-order valence-electron chi connectivity index (χ1n) is 9.93. The summed E-state index contributed by atoms with van der Waals surface area (Å²) in [6, 6.07) is 13.7. The molecule has 0 radical (unpaired) electrons. The van der Waals surface area contributed by atoms with Crippen LogP contribution in [-0.2, 0) is 16.0 Å². The number of carboxylic acid groups (broad SMARTS) is 1. The van der Waals surface area contributed by atoms with Gasteiger partial charge in [-0.3, -0.25) is 4.98 Å². The highest BCUT2D eigenvalue weighted by Gasteiger charge is 2.29. The summed E-state index contributed by atoms with van der Waals surface area (Å²) in [6.07, 6.45) is 0.350.